The zero-order valence-corrected chi connectivity index (χ0v) is 12.1. The van der Waals surface area contributed by atoms with E-state index in [1.807, 2.05) is 6.92 Å². The van der Waals surface area contributed by atoms with Gasteiger partial charge >= 0.3 is 5.97 Å². The fourth-order valence-corrected chi connectivity index (χ4v) is 1.73. The molecule has 0 aliphatic carbocycles. The predicted octanol–water partition coefficient (Wildman–Crippen LogP) is 1.68. The summed E-state index contributed by atoms with van der Waals surface area (Å²) in [5, 5.41) is 8.75. The molecule has 0 bridgehead atoms. The summed E-state index contributed by atoms with van der Waals surface area (Å²) in [6.07, 6.45) is 1.17. The monoisotopic (exact) mass is 269 g/mol. The Balaban J connectivity index is 2.65. The van der Waals surface area contributed by atoms with E-state index in [2.05, 4.69) is 20.8 Å². The molecule has 1 atom stereocenters. The van der Waals surface area contributed by atoms with E-state index in [9.17, 15) is 9.59 Å². The van der Waals surface area contributed by atoms with E-state index in [0.717, 1.165) is 5.57 Å². The van der Waals surface area contributed by atoms with Crippen molar-refractivity contribution >= 4 is 11.9 Å². The van der Waals surface area contributed by atoms with Crippen molar-refractivity contribution in [2.45, 2.75) is 40.2 Å². The van der Waals surface area contributed by atoms with Crippen LogP contribution in [0.3, 0.4) is 0 Å². The van der Waals surface area contributed by atoms with Gasteiger partial charge in [-0.1, -0.05) is 26.3 Å². The van der Waals surface area contributed by atoms with Crippen molar-refractivity contribution in [1.29, 1.82) is 0 Å². The maximum absolute atomic E-state index is 12.1. The summed E-state index contributed by atoms with van der Waals surface area (Å²) in [6, 6.07) is 0. The summed E-state index contributed by atoms with van der Waals surface area (Å²) >= 11 is 0. The molecular weight excluding hydrogens is 246 g/mol. The summed E-state index contributed by atoms with van der Waals surface area (Å²) in [6.45, 7) is 9.36. The molecule has 5 nitrogen and oxygen atoms in total. The van der Waals surface area contributed by atoms with Crippen molar-refractivity contribution in [3.8, 4) is 0 Å². The normalized spacial score (nSPS) is 21.4. The van der Waals surface area contributed by atoms with Crippen molar-refractivity contribution in [3.05, 3.63) is 11.6 Å². The van der Waals surface area contributed by atoms with E-state index in [0.29, 0.717) is 19.7 Å². The summed E-state index contributed by atoms with van der Waals surface area (Å²) in [7, 11) is 0. The van der Waals surface area contributed by atoms with Crippen LogP contribution in [0.25, 0.3) is 0 Å². The van der Waals surface area contributed by atoms with Gasteiger partial charge in [-0.05, 0) is 12.3 Å². The SMILES string of the molecule is C/C(=C/C(=O)N1CCO[C@H](CC(=O)O)C1)C(C)(C)C. The number of hydrogen-bond donors (Lipinski definition) is 1. The van der Waals surface area contributed by atoms with E-state index in [1.165, 1.54) is 0 Å². The molecule has 1 amide bonds. The first-order chi connectivity index (χ1) is 8.70. The van der Waals surface area contributed by atoms with Crippen LogP contribution in [-0.2, 0) is 14.3 Å². The van der Waals surface area contributed by atoms with Crippen LogP contribution in [0, 0.1) is 5.41 Å². The third-order valence-corrected chi connectivity index (χ3v) is 3.38. The number of amides is 1. The van der Waals surface area contributed by atoms with Crippen molar-refractivity contribution in [2.24, 2.45) is 5.41 Å². The van der Waals surface area contributed by atoms with Gasteiger partial charge < -0.3 is 14.7 Å². The Hall–Kier alpha value is -1.36. The number of carbonyl (C=O) groups excluding carboxylic acids is 1. The summed E-state index contributed by atoms with van der Waals surface area (Å²) in [4.78, 5) is 24.5. The first kappa shape index (κ1) is 15.7. The van der Waals surface area contributed by atoms with Gasteiger partial charge in [-0.15, -0.1) is 0 Å². The number of morpholine rings is 1. The van der Waals surface area contributed by atoms with Gasteiger partial charge in [0, 0.05) is 19.2 Å². The van der Waals surface area contributed by atoms with Crippen LogP contribution in [0.5, 0.6) is 0 Å². The van der Waals surface area contributed by atoms with Crippen molar-refractivity contribution in [3.63, 3.8) is 0 Å². The highest BCUT2D eigenvalue weighted by Crippen LogP contribution is 2.24. The molecule has 0 saturated carbocycles. The largest absolute Gasteiger partial charge is 0.481 e. The lowest BCUT2D eigenvalue weighted by atomic mass is 9.87. The van der Waals surface area contributed by atoms with Crippen LogP contribution in [0.2, 0.25) is 0 Å². The second-order valence-corrected chi connectivity index (χ2v) is 5.95. The summed E-state index contributed by atoms with van der Waals surface area (Å²) in [5.41, 5.74) is 0.973. The maximum atomic E-state index is 12.1. The van der Waals surface area contributed by atoms with Crippen LogP contribution < -0.4 is 0 Å². The first-order valence-corrected chi connectivity index (χ1v) is 6.51. The lowest BCUT2D eigenvalue weighted by molar-refractivity contribution is -0.145. The third-order valence-electron chi connectivity index (χ3n) is 3.38. The molecule has 1 N–H and O–H groups in total. The lowest BCUT2D eigenvalue weighted by Crippen LogP contribution is -2.45. The zero-order valence-electron chi connectivity index (χ0n) is 12.1. The van der Waals surface area contributed by atoms with Crippen LogP contribution >= 0.6 is 0 Å². The number of nitrogens with zero attached hydrogens (tertiary/aromatic N) is 1. The summed E-state index contributed by atoms with van der Waals surface area (Å²) in [5.74, 6) is -0.966. The van der Waals surface area contributed by atoms with E-state index in [1.54, 1.807) is 11.0 Å². The van der Waals surface area contributed by atoms with E-state index < -0.39 is 12.1 Å². The topological polar surface area (TPSA) is 66.8 Å². The Labute approximate surface area is 114 Å². The van der Waals surface area contributed by atoms with Gasteiger partial charge in [0.25, 0.3) is 0 Å². The second kappa shape index (κ2) is 6.19. The smallest absolute Gasteiger partial charge is 0.306 e. The Kier molecular flexibility index (Phi) is 5.11. The molecule has 0 aromatic rings. The molecule has 108 valence electrons. The minimum atomic E-state index is -0.902. The van der Waals surface area contributed by atoms with E-state index in [-0.39, 0.29) is 17.7 Å². The second-order valence-electron chi connectivity index (χ2n) is 5.95. The Morgan fingerprint density at radius 3 is 2.58 bits per heavy atom. The standard InChI is InChI=1S/C14H23NO4/c1-10(14(2,3)4)7-12(16)15-5-6-19-11(9-15)8-13(17)18/h7,11H,5-6,8-9H2,1-4H3,(H,17,18)/b10-7-/t11-/m1/s1. The van der Waals surface area contributed by atoms with E-state index in [4.69, 9.17) is 9.84 Å². The highest BCUT2D eigenvalue weighted by atomic mass is 16.5. The fraction of sp³-hybridized carbons (Fsp3) is 0.714. The number of ether oxygens (including phenoxy) is 1. The number of carboxylic acid groups (broad SMARTS) is 1. The van der Waals surface area contributed by atoms with Gasteiger partial charge in [-0.25, -0.2) is 0 Å². The Morgan fingerprint density at radius 1 is 1.42 bits per heavy atom. The predicted molar refractivity (Wildman–Crippen MR) is 71.8 cm³/mol. The van der Waals surface area contributed by atoms with Gasteiger partial charge in [0.1, 0.15) is 0 Å². The van der Waals surface area contributed by atoms with Gasteiger partial charge in [0.15, 0.2) is 0 Å². The minimum Gasteiger partial charge on any atom is -0.481 e. The van der Waals surface area contributed by atoms with Gasteiger partial charge in [-0.3, -0.25) is 9.59 Å². The fourth-order valence-electron chi connectivity index (χ4n) is 1.73. The molecule has 1 aliphatic rings. The number of carbonyl (C=O) groups is 2. The Bertz CT molecular complexity index is 381. The van der Waals surface area contributed by atoms with Crippen LogP contribution in [0.1, 0.15) is 34.1 Å². The number of rotatable bonds is 3. The average Bonchev–Trinajstić information content (AvgIpc) is 2.27. The lowest BCUT2D eigenvalue weighted by Gasteiger charge is -2.32. The molecular formula is C14H23NO4. The molecule has 0 aromatic heterocycles. The minimum absolute atomic E-state index is 0.0393. The number of carboxylic acids is 1. The average molecular weight is 269 g/mol. The molecule has 19 heavy (non-hydrogen) atoms. The highest BCUT2D eigenvalue weighted by Gasteiger charge is 2.25. The quantitative estimate of drug-likeness (QED) is 0.792. The number of aliphatic carboxylic acids is 1. The Morgan fingerprint density at radius 2 is 2.05 bits per heavy atom. The molecule has 1 rings (SSSR count). The third kappa shape index (κ3) is 5.03. The molecule has 0 spiro atoms. The van der Waals surface area contributed by atoms with Gasteiger partial charge in [-0.2, -0.15) is 0 Å². The van der Waals surface area contributed by atoms with Crippen molar-refractivity contribution in [1.82, 2.24) is 4.90 Å². The van der Waals surface area contributed by atoms with E-state index >= 15 is 0 Å². The zero-order chi connectivity index (χ0) is 14.6. The molecule has 5 heteroatoms. The number of hydrogen-bond acceptors (Lipinski definition) is 3. The molecule has 0 radical (unpaired) electrons. The van der Waals surface area contributed by atoms with Gasteiger partial charge in [0.05, 0.1) is 19.1 Å². The molecule has 1 heterocycles. The molecule has 1 fully saturated rings. The highest BCUT2D eigenvalue weighted by molar-refractivity contribution is 5.88. The van der Waals surface area contributed by atoms with Crippen LogP contribution in [0.4, 0.5) is 0 Å². The first-order valence-electron chi connectivity index (χ1n) is 6.51. The van der Waals surface area contributed by atoms with Gasteiger partial charge in [0.2, 0.25) is 5.91 Å². The molecule has 1 aliphatic heterocycles. The molecule has 0 unspecified atom stereocenters. The molecule has 1 saturated heterocycles. The number of allylic oxidation sites excluding steroid dienone is 1. The van der Waals surface area contributed by atoms with Crippen LogP contribution in [0.15, 0.2) is 11.6 Å². The summed E-state index contributed by atoms with van der Waals surface area (Å²) < 4.78 is 5.35. The van der Waals surface area contributed by atoms with Crippen molar-refractivity contribution < 1.29 is 19.4 Å². The van der Waals surface area contributed by atoms with Crippen LogP contribution in [-0.4, -0.2) is 47.7 Å². The van der Waals surface area contributed by atoms with Crippen molar-refractivity contribution in [2.75, 3.05) is 19.7 Å². The molecule has 0 aromatic carbocycles. The maximum Gasteiger partial charge on any atom is 0.306 e.